The van der Waals surface area contributed by atoms with Crippen molar-refractivity contribution < 1.29 is 14.7 Å². The van der Waals surface area contributed by atoms with Gasteiger partial charge in [0.15, 0.2) is 0 Å². The highest BCUT2D eigenvalue weighted by Gasteiger charge is 2.32. The van der Waals surface area contributed by atoms with E-state index in [1.807, 2.05) is 0 Å². The predicted molar refractivity (Wildman–Crippen MR) is 55.1 cm³/mol. The third kappa shape index (κ3) is 2.79. The molecule has 1 fully saturated rings. The topological polar surface area (TPSA) is 83.6 Å². The predicted octanol–water partition coefficient (Wildman–Crippen LogP) is -0.177. The Morgan fingerprint density at radius 2 is 2.33 bits per heavy atom. The third-order valence-corrected chi connectivity index (χ3v) is 2.59. The van der Waals surface area contributed by atoms with Crippen molar-refractivity contribution in [1.29, 1.82) is 0 Å². The van der Waals surface area contributed by atoms with Gasteiger partial charge in [0.2, 0.25) is 5.91 Å². The number of nitrogens with two attached hydrogens (primary N) is 1. The molecule has 0 aromatic carbocycles. The van der Waals surface area contributed by atoms with Crippen molar-refractivity contribution in [3.8, 4) is 0 Å². The van der Waals surface area contributed by atoms with E-state index in [4.69, 9.17) is 10.8 Å². The van der Waals surface area contributed by atoms with Crippen LogP contribution in [0.4, 0.5) is 0 Å². The molecule has 0 aliphatic carbocycles. The summed E-state index contributed by atoms with van der Waals surface area (Å²) in [5.74, 6) is -1.47. The molecular weight excluding hydrogens is 196 g/mol. The van der Waals surface area contributed by atoms with Crippen molar-refractivity contribution in [2.24, 2.45) is 11.7 Å². The highest BCUT2D eigenvalue weighted by molar-refractivity contribution is 5.83. The van der Waals surface area contributed by atoms with E-state index < -0.39 is 17.9 Å². The number of carboxylic acids is 1. The van der Waals surface area contributed by atoms with Gasteiger partial charge in [-0.2, -0.15) is 0 Å². The van der Waals surface area contributed by atoms with Crippen molar-refractivity contribution in [2.75, 3.05) is 13.1 Å². The summed E-state index contributed by atoms with van der Waals surface area (Å²) < 4.78 is 0. The van der Waals surface area contributed by atoms with Gasteiger partial charge in [-0.15, -0.1) is 6.58 Å². The van der Waals surface area contributed by atoms with E-state index in [9.17, 15) is 9.59 Å². The zero-order chi connectivity index (χ0) is 11.4. The molecule has 1 saturated heterocycles. The number of likely N-dealkylation sites (tertiary alicyclic amines) is 1. The number of aliphatic carboxylic acids is 1. The molecule has 1 heterocycles. The first-order valence-electron chi connectivity index (χ1n) is 4.94. The molecule has 1 rings (SSSR count). The van der Waals surface area contributed by atoms with E-state index in [1.165, 1.54) is 4.90 Å². The monoisotopic (exact) mass is 212 g/mol. The first-order chi connectivity index (χ1) is 7.06. The summed E-state index contributed by atoms with van der Waals surface area (Å²) in [7, 11) is 0. The molecule has 1 aliphatic heterocycles. The first-order valence-corrected chi connectivity index (χ1v) is 4.94. The van der Waals surface area contributed by atoms with Crippen molar-refractivity contribution >= 4 is 11.9 Å². The lowest BCUT2D eigenvalue weighted by Crippen LogP contribution is -2.42. The van der Waals surface area contributed by atoms with Crippen LogP contribution in [0.15, 0.2) is 12.7 Å². The van der Waals surface area contributed by atoms with E-state index in [2.05, 4.69) is 6.58 Å². The number of hydrogen-bond donors (Lipinski definition) is 2. The number of rotatable bonds is 4. The Hall–Kier alpha value is -1.36. The van der Waals surface area contributed by atoms with Crippen LogP contribution in [0, 0.1) is 5.92 Å². The molecule has 0 radical (unpaired) electrons. The lowest BCUT2D eigenvalue weighted by molar-refractivity contribution is -0.141. The normalized spacial score (nSPS) is 22.5. The summed E-state index contributed by atoms with van der Waals surface area (Å²) in [4.78, 5) is 23.9. The smallest absolute Gasteiger partial charge is 0.308 e. The highest BCUT2D eigenvalue weighted by atomic mass is 16.4. The van der Waals surface area contributed by atoms with Gasteiger partial charge >= 0.3 is 5.97 Å². The van der Waals surface area contributed by atoms with Crippen LogP contribution in [0.2, 0.25) is 0 Å². The number of carbonyl (C=O) groups excluding carboxylic acids is 1. The Balaban J connectivity index is 2.49. The molecule has 2 atom stereocenters. The molecule has 3 N–H and O–H groups in total. The fourth-order valence-corrected chi connectivity index (χ4v) is 1.68. The molecule has 84 valence electrons. The van der Waals surface area contributed by atoms with Crippen LogP contribution >= 0.6 is 0 Å². The van der Waals surface area contributed by atoms with Crippen LogP contribution in [0.3, 0.4) is 0 Å². The molecule has 0 aromatic rings. The van der Waals surface area contributed by atoms with Crippen molar-refractivity contribution in [3.63, 3.8) is 0 Å². The summed E-state index contributed by atoms with van der Waals surface area (Å²) in [6.45, 7) is 4.27. The van der Waals surface area contributed by atoms with E-state index in [0.29, 0.717) is 19.4 Å². The van der Waals surface area contributed by atoms with Crippen LogP contribution < -0.4 is 5.73 Å². The molecule has 2 unspecified atom stereocenters. The zero-order valence-corrected chi connectivity index (χ0v) is 8.56. The summed E-state index contributed by atoms with van der Waals surface area (Å²) in [5, 5.41) is 8.77. The number of amides is 1. The first kappa shape index (κ1) is 11.7. The number of carbonyl (C=O) groups is 2. The summed E-state index contributed by atoms with van der Waals surface area (Å²) in [6, 6.07) is -0.588. The molecule has 0 spiro atoms. The Morgan fingerprint density at radius 1 is 1.67 bits per heavy atom. The Bertz CT molecular complexity index is 278. The molecule has 5 nitrogen and oxygen atoms in total. The standard InChI is InChI=1S/C10H16N2O3/c1-2-3-8(11)9(13)12-5-4-7(6-12)10(14)15/h2,7-8H,1,3-6,11H2,(H,14,15). The minimum Gasteiger partial charge on any atom is -0.481 e. The van der Waals surface area contributed by atoms with Gasteiger partial charge in [-0.1, -0.05) is 6.08 Å². The molecule has 0 bridgehead atoms. The number of carboxylic acid groups (broad SMARTS) is 1. The maximum atomic E-state index is 11.7. The summed E-state index contributed by atoms with van der Waals surface area (Å²) >= 11 is 0. The van der Waals surface area contributed by atoms with Gasteiger partial charge in [-0.3, -0.25) is 9.59 Å². The van der Waals surface area contributed by atoms with E-state index >= 15 is 0 Å². The van der Waals surface area contributed by atoms with Gasteiger partial charge in [0.1, 0.15) is 0 Å². The number of nitrogens with zero attached hydrogens (tertiary/aromatic N) is 1. The lowest BCUT2D eigenvalue weighted by Gasteiger charge is -2.19. The van der Waals surface area contributed by atoms with Gasteiger partial charge in [0.25, 0.3) is 0 Å². The Labute approximate surface area is 88.5 Å². The average Bonchev–Trinajstić information content (AvgIpc) is 2.65. The molecule has 15 heavy (non-hydrogen) atoms. The second kappa shape index (κ2) is 4.93. The average molecular weight is 212 g/mol. The van der Waals surface area contributed by atoms with Crippen LogP contribution in [0.1, 0.15) is 12.8 Å². The molecule has 0 saturated carbocycles. The SMILES string of the molecule is C=CCC(N)C(=O)N1CCC(C(=O)O)C1. The van der Waals surface area contributed by atoms with Crippen molar-refractivity contribution in [1.82, 2.24) is 4.90 Å². The second-order valence-electron chi connectivity index (χ2n) is 3.74. The Kier molecular flexibility index (Phi) is 3.85. The molecule has 1 amide bonds. The molecule has 0 aromatic heterocycles. The minimum atomic E-state index is -0.845. The highest BCUT2D eigenvalue weighted by Crippen LogP contribution is 2.17. The van der Waals surface area contributed by atoms with Crippen LogP contribution in [-0.2, 0) is 9.59 Å². The fraction of sp³-hybridized carbons (Fsp3) is 0.600. The van der Waals surface area contributed by atoms with Gasteiger partial charge < -0.3 is 15.7 Å². The van der Waals surface area contributed by atoms with Gasteiger partial charge in [-0.25, -0.2) is 0 Å². The number of hydrogen-bond acceptors (Lipinski definition) is 3. The molecule has 5 heteroatoms. The Morgan fingerprint density at radius 3 is 2.80 bits per heavy atom. The van der Waals surface area contributed by atoms with Gasteiger partial charge in [0, 0.05) is 13.1 Å². The second-order valence-corrected chi connectivity index (χ2v) is 3.74. The van der Waals surface area contributed by atoms with E-state index in [0.717, 1.165) is 0 Å². The van der Waals surface area contributed by atoms with Crippen LogP contribution in [-0.4, -0.2) is 41.0 Å². The van der Waals surface area contributed by atoms with Crippen LogP contribution in [0.5, 0.6) is 0 Å². The largest absolute Gasteiger partial charge is 0.481 e. The van der Waals surface area contributed by atoms with Crippen molar-refractivity contribution in [3.05, 3.63) is 12.7 Å². The summed E-state index contributed by atoms with van der Waals surface area (Å²) in [5.41, 5.74) is 5.62. The lowest BCUT2D eigenvalue weighted by atomic mass is 10.1. The van der Waals surface area contributed by atoms with Crippen molar-refractivity contribution in [2.45, 2.75) is 18.9 Å². The van der Waals surface area contributed by atoms with Gasteiger partial charge in [-0.05, 0) is 12.8 Å². The maximum absolute atomic E-state index is 11.7. The third-order valence-electron chi connectivity index (χ3n) is 2.59. The van der Waals surface area contributed by atoms with E-state index in [1.54, 1.807) is 6.08 Å². The van der Waals surface area contributed by atoms with Gasteiger partial charge in [0.05, 0.1) is 12.0 Å². The molecular formula is C10H16N2O3. The fourth-order valence-electron chi connectivity index (χ4n) is 1.68. The van der Waals surface area contributed by atoms with E-state index in [-0.39, 0.29) is 12.5 Å². The van der Waals surface area contributed by atoms with Crippen LogP contribution in [0.25, 0.3) is 0 Å². The molecule has 1 aliphatic rings. The minimum absolute atomic E-state index is 0.182. The quantitative estimate of drug-likeness (QED) is 0.633. The maximum Gasteiger partial charge on any atom is 0.308 e. The zero-order valence-electron chi connectivity index (χ0n) is 8.56. The summed E-state index contributed by atoms with van der Waals surface area (Å²) in [6.07, 6.45) is 2.53.